The summed E-state index contributed by atoms with van der Waals surface area (Å²) in [7, 11) is -3.58. The maximum Gasteiger partial charge on any atom is 0.235 e. The molecular formula is C12H17FN2O3S. The fourth-order valence-corrected chi connectivity index (χ4v) is 3.44. The molecule has 0 saturated carbocycles. The molecule has 1 heterocycles. The minimum atomic E-state index is -3.58. The minimum absolute atomic E-state index is 0.0382. The van der Waals surface area contributed by atoms with Gasteiger partial charge in [0.2, 0.25) is 10.0 Å². The summed E-state index contributed by atoms with van der Waals surface area (Å²) in [5, 5.41) is -0.533. The summed E-state index contributed by atoms with van der Waals surface area (Å²) in [6.45, 7) is 1.05. The van der Waals surface area contributed by atoms with Crippen LogP contribution in [-0.2, 0) is 21.3 Å². The molecule has 7 heteroatoms. The highest BCUT2D eigenvalue weighted by Crippen LogP contribution is 2.22. The van der Waals surface area contributed by atoms with Gasteiger partial charge in [-0.1, -0.05) is 6.07 Å². The van der Waals surface area contributed by atoms with Gasteiger partial charge in [0.15, 0.2) is 0 Å². The Morgan fingerprint density at radius 1 is 1.37 bits per heavy atom. The second-order valence-electron chi connectivity index (χ2n) is 4.48. The Kier molecular flexibility index (Phi) is 4.38. The molecule has 0 spiro atoms. The van der Waals surface area contributed by atoms with Gasteiger partial charge < -0.3 is 10.5 Å². The molecule has 1 saturated heterocycles. The molecule has 106 valence electrons. The smallest absolute Gasteiger partial charge is 0.235 e. The molecule has 1 aromatic rings. The number of halogens is 1. The van der Waals surface area contributed by atoms with Crippen LogP contribution in [0.15, 0.2) is 18.2 Å². The summed E-state index contributed by atoms with van der Waals surface area (Å²) < 4.78 is 45.4. The first-order valence-electron chi connectivity index (χ1n) is 6.11. The van der Waals surface area contributed by atoms with Gasteiger partial charge in [-0.2, -0.15) is 0 Å². The van der Waals surface area contributed by atoms with Gasteiger partial charge in [-0.3, -0.25) is 4.72 Å². The number of nitrogens with one attached hydrogen (secondary N) is 1. The van der Waals surface area contributed by atoms with Gasteiger partial charge in [-0.15, -0.1) is 0 Å². The fourth-order valence-electron chi connectivity index (χ4n) is 1.99. The zero-order valence-electron chi connectivity index (χ0n) is 10.4. The summed E-state index contributed by atoms with van der Waals surface area (Å²) in [6, 6.07) is 4.24. The lowest BCUT2D eigenvalue weighted by Gasteiger charge is -2.22. The van der Waals surface area contributed by atoms with Crippen LogP contribution >= 0.6 is 0 Å². The summed E-state index contributed by atoms with van der Waals surface area (Å²) in [5.41, 5.74) is 5.97. The topological polar surface area (TPSA) is 81.4 Å². The molecule has 19 heavy (non-hydrogen) atoms. The van der Waals surface area contributed by atoms with Crippen LogP contribution in [0.25, 0.3) is 0 Å². The zero-order valence-corrected chi connectivity index (χ0v) is 11.2. The molecule has 0 aliphatic carbocycles. The van der Waals surface area contributed by atoms with Crippen molar-refractivity contribution in [2.75, 3.05) is 17.9 Å². The van der Waals surface area contributed by atoms with Crippen molar-refractivity contribution in [1.29, 1.82) is 0 Å². The Bertz CT molecular complexity index is 542. The molecule has 1 aliphatic rings. The SMILES string of the molecule is NCc1ccc(NS(=O)(=O)C2CCOCC2)c(F)c1. The highest BCUT2D eigenvalue weighted by molar-refractivity contribution is 7.93. The third kappa shape index (κ3) is 3.43. The second kappa shape index (κ2) is 5.85. The standard InChI is InChI=1S/C12H17FN2O3S/c13-11-7-9(8-14)1-2-12(11)15-19(16,17)10-3-5-18-6-4-10/h1-2,7,10,15H,3-6,8,14H2. The third-order valence-electron chi connectivity index (χ3n) is 3.13. The van der Waals surface area contributed by atoms with Crippen molar-refractivity contribution in [1.82, 2.24) is 0 Å². The van der Waals surface area contributed by atoms with Gasteiger partial charge in [0.05, 0.1) is 10.9 Å². The van der Waals surface area contributed by atoms with Crippen molar-refractivity contribution in [3.63, 3.8) is 0 Å². The summed E-state index contributed by atoms with van der Waals surface area (Å²) >= 11 is 0. The van der Waals surface area contributed by atoms with Crippen LogP contribution in [0.3, 0.4) is 0 Å². The molecule has 0 amide bonds. The fraction of sp³-hybridized carbons (Fsp3) is 0.500. The van der Waals surface area contributed by atoms with Crippen LogP contribution in [0, 0.1) is 5.82 Å². The van der Waals surface area contributed by atoms with Gasteiger partial charge in [-0.25, -0.2) is 12.8 Å². The highest BCUT2D eigenvalue weighted by Gasteiger charge is 2.28. The van der Waals surface area contributed by atoms with E-state index in [-0.39, 0.29) is 12.2 Å². The number of nitrogens with two attached hydrogens (primary N) is 1. The van der Waals surface area contributed by atoms with Crippen LogP contribution in [0.4, 0.5) is 10.1 Å². The first-order chi connectivity index (χ1) is 9.03. The number of rotatable bonds is 4. The molecule has 0 atom stereocenters. The lowest BCUT2D eigenvalue weighted by Crippen LogP contribution is -2.33. The zero-order chi connectivity index (χ0) is 13.9. The van der Waals surface area contributed by atoms with E-state index in [1.165, 1.54) is 12.1 Å². The molecular weight excluding hydrogens is 271 g/mol. The second-order valence-corrected chi connectivity index (χ2v) is 6.44. The maximum absolute atomic E-state index is 13.7. The van der Waals surface area contributed by atoms with Crippen molar-refractivity contribution in [3.05, 3.63) is 29.6 Å². The average Bonchev–Trinajstić information content (AvgIpc) is 2.42. The predicted molar refractivity (Wildman–Crippen MR) is 70.7 cm³/mol. The van der Waals surface area contributed by atoms with Gasteiger partial charge >= 0.3 is 0 Å². The van der Waals surface area contributed by atoms with Crippen LogP contribution in [0.2, 0.25) is 0 Å². The number of hydrogen-bond donors (Lipinski definition) is 2. The molecule has 1 aromatic carbocycles. The van der Waals surface area contributed by atoms with E-state index < -0.39 is 21.1 Å². The van der Waals surface area contributed by atoms with Crippen molar-refractivity contribution in [2.24, 2.45) is 5.73 Å². The van der Waals surface area contributed by atoms with Gasteiger partial charge in [0, 0.05) is 19.8 Å². The predicted octanol–water partition coefficient (Wildman–Crippen LogP) is 1.21. The first kappa shape index (κ1) is 14.2. The largest absolute Gasteiger partial charge is 0.381 e. The Morgan fingerprint density at radius 3 is 2.63 bits per heavy atom. The molecule has 1 fully saturated rings. The van der Waals surface area contributed by atoms with Crippen molar-refractivity contribution in [3.8, 4) is 0 Å². The molecule has 1 aliphatic heterocycles. The summed E-state index contributed by atoms with van der Waals surface area (Å²) in [6.07, 6.45) is 0.857. The van der Waals surface area contributed by atoms with Crippen molar-refractivity contribution < 1.29 is 17.5 Å². The molecule has 3 N–H and O–H groups in total. The van der Waals surface area contributed by atoms with E-state index in [1.54, 1.807) is 6.07 Å². The van der Waals surface area contributed by atoms with Gasteiger partial charge in [-0.05, 0) is 30.5 Å². The summed E-state index contributed by atoms with van der Waals surface area (Å²) in [4.78, 5) is 0. The highest BCUT2D eigenvalue weighted by atomic mass is 32.2. The van der Waals surface area contributed by atoms with Crippen LogP contribution in [0.5, 0.6) is 0 Å². The molecule has 0 bridgehead atoms. The van der Waals surface area contributed by atoms with Crippen molar-refractivity contribution in [2.45, 2.75) is 24.6 Å². The van der Waals surface area contributed by atoms with Crippen LogP contribution < -0.4 is 10.5 Å². The maximum atomic E-state index is 13.7. The van der Waals surface area contributed by atoms with E-state index >= 15 is 0 Å². The Hall–Kier alpha value is -1.18. The third-order valence-corrected chi connectivity index (χ3v) is 4.98. The normalized spacial score (nSPS) is 17.4. The van der Waals surface area contributed by atoms with Gasteiger partial charge in [0.25, 0.3) is 0 Å². The van der Waals surface area contributed by atoms with E-state index in [0.29, 0.717) is 31.6 Å². The Labute approximate surface area is 112 Å². The first-order valence-corrected chi connectivity index (χ1v) is 7.65. The van der Waals surface area contributed by atoms with E-state index in [1.807, 2.05) is 0 Å². The molecule has 0 unspecified atom stereocenters. The van der Waals surface area contributed by atoms with E-state index in [2.05, 4.69) is 4.72 Å². The van der Waals surface area contributed by atoms with E-state index in [0.717, 1.165) is 0 Å². The van der Waals surface area contributed by atoms with Gasteiger partial charge in [0.1, 0.15) is 5.82 Å². The lowest BCUT2D eigenvalue weighted by molar-refractivity contribution is 0.0984. The molecule has 0 aromatic heterocycles. The average molecular weight is 288 g/mol. The molecule has 5 nitrogen and oxygen atoms in total. The number of ether oxygens (including phenoxy) is 1. The monoisotopic (exact) mass is 288 g/mol. The van der Waals surface area contributed by atoms with Crippen LogP contribution in [0.1, 0.15) is 18.4 Å². The number of anilines is 1. The minimum Gasteiger partial charge on any atom is -0.381 e. The quantitative estimate of drug-likeness (QED) is 0.872. The van der Waals surface area contributed by atoms with E-state index in [4.69, 9.17) is 10.5 Å². The van der Waals surface area contributed by atoms with E-state index in [9.17, 15) is 12.8 Å². The molecule has 0 radical (unpaired) electrons. The number of sulfonamides is 1. The number of hydrogen-bond acceptors (Lipinski definition) is 4. The Morgan fingerprint density at radius 2 is 2.05 bits per heavy atom. The molecule has 2 rings (SSSR count). The number of benzene rings is 1. The lowest BCUT2D eigenvalue weighted by atomic mass is 10.2. The van der Waals surface area contributed by atoms with Crippen LogP contribution in [-0.4, -0.2) is 26.9 Å². The Balaban J connectivity index is 2.15. The summed E-state index contributed by atoms with van der Waals surface area (Å²) in [5.74, 6) is -0.612. The van der Waals surface area contributed by atoms with Crippen molar-refractivity contribution >= 4 is 15.7 Å².